The summed E-state index contributed by atoms with van der Waals surface area (Å²) >= 11 is 0. The summed E-state index contributed by atoms with van der Waals surface area (Å²) in [5, 5.41) is 0. The molecule has 6 atom stereocenters. The molecule has 4 aliphatic rings. The summed E-state index contributed by atoms with van der Waals surface area (Å²) in [5.74, 6) is 0.913. The minimum atomic E-state index is -0.246. The Morgan fingerprint density at radius 1 is 0.906 bits per heavy atom. The Hall–Kier alpha value is -2.24. The van der Waals surface area contributed by atoms with E-state index in [9.17, 15) is 19.2 Å². The third-order valence-corrected chi connectivity index (χ3v) is 6.50. The summed E-state index contributed by atoms with van der Waals surface area (Å²) in [7, 11) is 0. The number of allylic oxidation sites excluding steroid dienone is 2. The van der Waals surface area contributed by atoms with E-state index in [2.05, 4.69) is 13.2 Å². The summed E-state index contributed by atoms with van der Waals surface area (Å²) in [6, 6.07) is 0. The van der Waals surface area contributed by atoms with Crippen LogP contribution in [0.3, 0.4) is 0 Å². The lowest BCUT2D eigenvalue weighted by Crippen LogP contribution is -2.28. The topological polar surface area (TPSA) is 86.7 Å². The summed E-state index contributed by atoms with van der Waals surface area (Å²) in [6.45, 7) is 19.1. The van der Waals surface area contributed by atoms with Crippen LogP contribution in [-0.2, 0) is 28.7 Å². The highest BCUT2D eigenvalue weighted by atomic mass is 16.6. The molecule has 2 aliphatic heterocycles. The van der Waals surface area contributed by atoms with Gasteiger partial charge in [-0.3, -0.25) is 19.2 Å². The molecule has 6 nitrogen and oxygen atoms in total. The first-order valence-electron chi connectivity index (χ1n) is 11.9. The van der Waals surface area contributed by atoms with Gasteiger partial charge >= 0.3 is 11.9 Å². The van der Waals surface area contributed by atoms with Crippen molar-refractivity contribution in [3.63, 3.8) is 0 Å². The van der Waals surface area contributed by atoms with Gasteiger partial charge in [0.2, 0.25) is 0 Å². The quantitative estimate of drug-likeness (QED) is 0.426. The molecule has 0 N–H and O–H groups in total. The first-order chi connectivity index (χ1) is 15.2. The maximum atomic E-state index is 11.7. The van der Waals surface area contributed by atoms with Gasteiger partial charge in [0.25, 0.3) is 0 Å². The van der Waals surface area contributed by atoms with E-state index < -0.39 is 0 Å². The number of carbonyl (C=O) groups excluding carboxylic acids is 4. The van der Waals surface area contributed by atoms with E-state index in [-0.39, 0.29) is 53.8 Å². The fourth-order valence-corrected chi connectivity index (χ4v) is 4.87. The van der Waals surface area contributed by atoms with Crippen molar-refractivity contribution >= 4 is 23.5 Å². The number of cyclic esters (lactones) is 1. The van der Waals surface area contributed by atoms with Crippen molar-refractivity contribution in [1.82, 2.24) is 0 Å². The van der Waals surface area contributed by atoms with Gasteiger partial charge in [-0.1, -0.05) is 40.9 Å². The van der Waals surface area contributed by atoms with Gasteiger partial charge in [0.15, 0.2) is 11.6 Å². The van der Waals surface area contributed by atoms with Crippen molar-refractivity contribution in [2.45, 2.75) is 79.8 Å². The van der Waals surface area contributed by atoms with E-state index in [1.165, 1.54) is 0 Å². The van der Waals surface area contributed by atoms with Crippen LogP contribution in [-0.4, -0.2) is 36.2 Å². The number of carbonyl (C=O) groups is 4. The van der Waals surface area contributed by atoms with Crippen LogP contribution in [0.15, 0.2) is 24.3 Å². The largest absolute Gasteiger partial charge is 0.465 e. The van der Waals surface area contributed by atoms with E-state index in [0.29, 0.717) is 42.4 Å². The minimum Gasteiger partial charge on any atom is -0.465 e. The molecule has 0 aromatic carbocycles. The lowest BCUT2D eigenvalue weighted by atomic mass is 9.79. The van der Waals surface area contributed by atoms with Crippen molar-refractivity contribution in [3.8, 4) is 0 Å². The smallest absolute Gasteiger partial charge is 0.309 e. The third-order valence-electron chi connectivity index (χ3n) is 6.50. The number of ketones is 2. The second-order valence-electron chi connectivity index (χ2n) is 8.54. The van der Waals surface area contributed by atoms with Crippen molar-refractivity contribution in [2.75, 3.05) is 6.61 Å². The zero-order chi connectivity index (χ0) is 24.6. The fraction of sp³-hybridized carbons (Fsp3) is 0.692. The molecule has 0 spiro atoms. The van der Waals surface area contributed by atoms with Gasteiger partial charge in [-0.15, -0.1) is 0 Å². The van der Waals surface area contributed by atoms with Crippen molar-refractivity contribution in [3.05, 3.63) is 24.3 Å². The maximum absolute atomic E-state index is 11.7. The van der Waals surface area contributed by atoms with Gasteiger partial charge in [0.1, 0.15) is 6.10 Å². The number of ether oxygens (including phenoxy) is 2. The van der Waals surface area contributed by atoms with E-state index in [1.54, 1.807) is 13.8 Å². The molecule has 180 valence electrons. The average Bonchev–Trinajstić information content (AvgIpc) is 3.51. The normalized spacial score (nSPS) is 30.4. The van der Waals surface area contributed by atoms with E-state index in [1.807, 2.05) is 27.7 Å². The number of hydrogen-bond acceptors (Lipinski definition) is 6. The highest BCUT2D eigenvalue weighted by Crippen LogP contribution is 2.58. The SMILES string of the molecule is C=C(C)C(=O)CC1C2CC3C(=O)OC1C3C2.C=C(C)C(=O)CC1CCOC1=O.CC.CC. The molecule has 0 aromatic rings. The van der Waals surface area contributed by atoms with Gasteiger partial charge in [-0.05, 0) is 50.2 Å². The molecule has 0 radical (unpaired) electrons. The number of fused-ring (bicyclic) bond motifs is 1. The van der Waals surface area contributed by atoms with Gasteiger partial charge in [0, 0.05) is 24.7 Å². The van der Waals surface area contributed by atoms with Gasteiger partial charge in [-0.25, -0.2) is 0 Å². The lowest BCUT2D eigenvalue weighted by molar-refractivity contribution is -0.145. The van der Waals surface area contributed by atoms with Crippen LogP contribution < -0.4 is 0 Å². The number of esters is 2. The second-order valence-corrected chi connectivity index (χ2v) is 8.54. The Balaban J connectivity index is 0.000000287. The number of Topliss-reactive ketones (excluding diaryl/α,β-unsaturated/α-hetero) is 2. The fourth-order valence-electron chi connectivity index (χ4n) is 4.87. The highest BCUT2D eigenvalue weighted by molar-refractivity contribution is 5.96. The Morgan fingerprint density at radius 3 is 1.97 bits per heavy atom. The number of hydrogen-bond donors (Lipinski definition) is 0. The molecule has 2 heterocycles. The Kier molecular flexibility index (Phi) is 11.0. The summed E-state index contributed by atoms with van der Waals surface area (Å²) in [6.07, 6.45) is 3.48. The first-order valence-corrected chi connectivity index (χ1v) is 11.9. The highest BCUT2D eigenvalue weighted by Gasteiger charge is 2.61. The van der Waals surface area contributed by atoms with Crippen LogP contribution in [0, 0.1) is 29.6 Å². The second kappa shape index (κ2) is 12.7. The van der Waals surface area contributed by atoms with E-state index in [4.69, 9.17) is 9.47 Å². The van der Waals surface area contributed by atoms with Crippen LogP contribution in [0.1, 0.15) is 73.6 Å². The zero-order valence-corrected chi connectivity index (χ0v) is 20.6. The molecule has 2 saturated heterocycles. The molecule has 4 rings (SSSR count). The lowest BCUT2D eigenvalue weighted by Gasteiger charge is -2.24. The van der Waals surface area contributed by atoms with Crippen molar-refractivity contribution < 1.29 is 28.7 Å². The summed E-state index contributed by atoms with van der Waals surface area (Å²) in [5.41, 5.74) is 1.12. The van der Waals surface area contributed by atoms with Gasteiger partial charge in [0.05, 0.1) is 18.4 Å². The number of rotatable bonds is 6. The van der Waals surface area contributed by atoms with Crippen LogP contribution >= 0.6 is 0 Å². The van der Waals surface area contributed by atoms with Gasteiger partial charge < -0.3 is 9.47 Å². The molecule has 0 aromatic heterocycles. The molecule has 32 heavy (non-hydrogen) atoms. The van der Waals surface area contributed by atoms with E-state index >= 15 is 0 Å². The molecular weight excluding hydrogens is 408 g/mol. The molecule has 2 bridgehead atoms. The molecule has 4 fully saturated rings. The molecule has 0 amide bonds. The van der Waals surface area contributed by atoms with Gasteiger partial charge in [-0.2, -0.15) is 0 Å². The van der Waals surface area contributed by atoms with Crippen LogP contribution in [0.4, 0.5) is 0 Å². The Labute approximate surface area is 192 Å². The van der Waals surface area contributed by atoms with Crippen LogP contribution in [0.25, 0.3) is 0 Å². The third kappa shape index (κ3) is 6.39. The summed E-state index contributed by atoms with van der Waals surface area (Å²) in [4.78, 5) is 45.3. The Morgan fingerprint density at radius 2 is 1.47 bits per heavy atom. The van der Waals surface area contributed by atoms with Crippen LogP contribution in [0.2, 0.25) is 0 Å². The first kappa shape index (κ1) is 27.8. The molecule has 6 heteroatoms. The zero-order valence-electron chi connectivity index (χ0n) is 20.6. The molecular formula is C26H40O6. The Bertz CT molecular complexity index is 737. The van der Waals surface area contributed by atoms with Crippen LogP contribution in [0.5, 0.6) is 0 Å². The molecule has 2 saturated carbocycles. The molecule has 6 unspecified atom stereocenters. The van der Waals surface area contributed by atoms with E-state index in [0.717, 1.165) is 12.8 Å². The minimum absolute atomic E-state index is 0.0252. The molecule has 2 aliphatic carbocycles. The maximum Gasteiger partial charge on any atom is 0.309 e. The predicted octanol–water partition coefficient (Wildman–Crippen LogP) is 4.86. The average molecular weight is 449 g/mol. The predicted molar refractivity (Wildman–Crippen MR) is 124 cm³/mol. The summed E-state index contributed by atoms with van der Waals surface area (Å²) < 4.78 is 10.1. The van der Waals surface area contributed by atoms with Crippen molar-refractivity contribution in [2.24, 2.45) is 29.6 Å². The standard InChI is InChI=1S/C13H16O3.C9H12O3.2C2H6/c1-6(2)11(14)5-8-7-3-9-10(4-7)13(15)16-12(8)9;1-6(2)8(10)5-7-3-4-12-9(7)11;2*1-2/h7-10,12H,1,3-5H2,2H3;7H,1,3-5H2,2H3;2*1-2H3. The van der Waals surface area contributed by atoms with Crippen molar-refractivity contribution in [1.29, 1.82) is 0 Å². The monoisotopic (exact) mass is 448 g/mol.